The highest BCUT2D eigenvalue weighted by Crippen LogP contribution is 2.40. The number of ether oxygens (including phenoxy) is 1. The molecule has 1 saturated carbocycles. The Kier molecular flexibility index (Phi) is 5.68. The number of hydrogen-bond acceptors (Lipinski definition) is 9. The molecule has 11 heteroatoms. The number of pyridine rings is 1. The summed E-state index contributed by atoms with van der Waals surface area (Å²) in [5, 5.41) is 0.627. The van der Waals surface area contributed by atoms with E-state index in [9.17, 15) is 8.42 Å². The van der Waals surface area contributed by atoms with Gasteiger partial charge in [0.05, 0.1) is 47.1 Å². The van der Waals surface area contributed by atoms with Crippen LogP contribution in [0.3, 0.4) is 0 Å². The Morgan fingerprint density at radius 2 is 2.00 bits per heavy atom. The number of nitrogens with zero attached hydrogens (tertiary/aromatic N) is 5. The monoisotopic (exact) mass is 472 g/mol. The first kappa shape index (κ1) is 21.1. The number of nitrogens with one attached hydrogen (secondary N) is 1. The first-order chi connectivity index (χ1) is 15.5. The van der Waals surface area contributed by atoms with Crippen LogP contribution in [0.2, 0.25) is 0 Å². The van der Waals surface area contributed by atoms with Crippen LogP contribution in [-0.2, 0) is 10.0 Å². The van der Waals surface area contributed by atoms with Crippen molar-refractivity contribution in [1.82, 2.24) is 19.9 Å². The van der Waals surface area contributed by atoms with E-state index in [-0.39, 0.29) is 11.3 Å². The van der Waals surface area contributed by atoms with Gasteiger partial charge in [-0.1, -0.05) is 11.3 Å². The molecule has 0 bridgehead atoms. The zero-order chi connectivity index (χ0) is 22.1. The second kappa shape index (κ2) is 8.62. The molecule has 1 saturated heterocycles. The lowest BCUT2D eigenvalue weighted by molar-refractivity contribution is 0.325. The molecule has 32 heavy (non-hydrogen) atoms. The molecule has 1 atom stereocenters. The Morgan fingerprint density at radius 3 is 2.81 bits per heavy atom. The predicted octanol–water partition coefficient (Wildman–Crippen LogP) is 3.64. The van der Waals surface area contributed by atoms with Crippen LogP contribution in [0.25, 0.3) is 10.6 Å². The summed E-state index contributed by atoms with van der Waals surface area (Å²) < 4.78 is 32.8. The molecule has 0 radical (unpaired) electrons. The Bertz CT molecular complexity index is 1210. The highest BCUT2D eigenvalue weighted by atomic mass is 32.2. The van der Waals surface area contributed by atoms with Crippen LogP contribution >= 0.6 is 11.3 Å². The molecule has 3 aromatic rings. The van der Waals surface area contributed by atoms with E-state index >= 15 is 0 Å². The molecule has 2 aliphatic rings. The first-order valence-corrected chi connectivity index (χ1v) is 13.0. The maximum Gasteiger partial charge on any atom is 0.235 e. The summed E-state index contributed by atoms with van der Waals surface area (Å²) in [6.07, 6.45) is 11.9. The molecule has 0 amide bonds. The molecular weight excluding hydrogens is 448 g/mol. The summed E-state index contributed by atoms with van der Waals surface area (Å²) in [7, 11) is -3.32. The van der Waals surface area contributed by atoms with E-state index in [4.69, 9.17) is 4.74 Å². The second-order valence-electron chi connectivity index (χ2n) is 7.89. The summed E-state index contributed by atoms with van der Waals surface area (Å²) >= 11 is 1.56. The molecule has 3 aromatic heterocycles. The molecular formula is C21H24N6O3S2. The number of thiazole rings is 1. The lowest BCUT2D eigenvalue weighted by Gasteiger charge is -2.24. The SMILES string of the molecule is CCOc1cncc(-c2cnc(N3CCC[C@H]3c3cncc(NS(=O)(=O)C4CC4)c3)s2)n1. The minimum Gasteiger partial charge on any atom is -0.477 e. The molecule has 9 nitrogen and oxygen atoms in total. The number of sulfonamides is 1. The van der Waals surface area contributed by atoms with Crippen molar-refractivity contribution in [2.75, 3.05) is 22.8 Å². The third kappa shape index (κ3) is 4.40. The average molecular weight is 473 g/mol. The van der Waals surface area contributed by atoms with Crippen molar-refractivity contribution in [3.63, 3.8) is 0 Å². The van der Waals surface area contributed by atoms with Crippen molar-refractivity contribution in [3.05, 3.63) is 42.6 Å². The van der Waals surface area contributed by atoms with Gasteiger partial charge in [-0.15, -0.1) is 0 Å². The molecule has 5 rings (SSSR count). The van der Waals surface area contributed by atoms with Crippen molar-refractivity contribution >= 4 is 32.2 Å². The van der Waals surface area contributed by atoms with Crippen LogP contribution in [-0.4, -0.2) is 46.8 Å². The standard InChI is InChI=1S/C21H24N6O3S2/c1-2-30-20-13-23-11-17(25-20)19-12-24-21(31-19)27-7-3-4-18(27)14-8-15(10-22-9-14)26-32(28,29)16-5-6-16/h8-13,16,18,26H,2-7H2,1H3/t18-/m0/s1. The van der Waals surface area contributed by atoms with Gasteiger partial charge >= 0.3 is 0 Å². The van der Waals surface area contributed by atoms with Gasteiger partial charge in [-0.3, -0.25) is 14.7 Å². The van der Waals surface area contributed by atoms with Crippen molar-refractivity contribution in [1.29, 1.82) is 0 Å². The van der Waals surface area contributed by atoms with Gasteiger partial charge < -0.3 is 9.64 Å². The number of aromatic nitrogens is 4. The maximum atomic E-state index is 12.3. The van der Waals surface area contributed by atoms with Crippen molar-refractivity contribution in [3.8, 4) is 16.5 Å². The Balaban J connectivity index is 1.37. The third-order valence-electron chi connectivity index (χ3n) is 5.52. The van der Waals surface area contributed by atoms with E-state index in [1.807, 2.05) is 25.4 Å². The van der Waals surface area contributed by atoms with Crippen LogP contribution in [0.15, 0.2) is 37.1 Å². The number of rotatable bonds is 8. The van der Waals surface area contributed by atoms with Crippen LogP contribution in [0.5, 0.6) is 5.88 Å². The average Bonchev–Trinajstić information content (AvgIpc) is 3.35. The fourth-order valence-electron chi connectivity index (χ4n) is 3.86. The fourth-order valence-corrected chi connectivity index (χ4v) is 6.17. The van der Waals surface area contributed by atoms with Gasteiger partial charge in [-0.25, -0.2) is 18.4 Å². The quantitative estimate of drug-likeness (QED) is 0.529. The molecule has 1 N–H and O–H groups in total. The summed E-state index contributed by atoms with van der Waals surface area (Å²) in [5.74, 6) is 0.496. The smallest absolute Gasteiger partial charge is 0.235 e. The van der Waals surface area contributed by atoms with Gasteiger partial charge in [-0.05, 0) is 44.2 Å². The molecule has 0 aromatic carbocycles. The molecule has 1 aliphatic carbocycles. The second-order valence-corrected chi connectivity index (χ2v) is 10.9. The zero-order valence-corrected chi connectivity index (χ0v) is 19.3. The van der Waals surface area contributed by atoms with Gasteiger partial charge in [0.25, 0.3) is 0 Å². The van der Waals surface area contributed by atoms with Crippen LogP contribution in [0.1, 0.15) is 44.2 Å². The predicted molar refractivity (Wildman–Crippen MR) is 123 cm³/mol. The van der Waals surface area contributed by atoms with Gasteiger partial charge in [0.15, 0.2) is 5.13 Å². The van der Waals surface area contributed by atoms with Crippen LogP contribution in [0, 0.1) is 0 Å². The molecule has 0 unspecified atom stereocenters. The molecule has 2 fully saturated rings. The molecule has 4 heterocycles. The summed E-state index contributed by atoms with van der Waals surface area (Å²) in [6.45, 7) is 3.32. The van der Waals surface area contributed by atoms with E-state index in [1.165, 1.54) is 0 Å². The normalized spacial score (nSPS) is 18.7. The minimum atomic E-state index is -3.32. The lowest BCUT2D eigenvalue weighted by Crippen LogP contribution is -2.23. The Labute approximate surface area is 191 Å². The highest BCUT2D eigenvalue weighted by Gasteiger charge is 2.36. The largest absolute Gasteiger partial charge is 0.477 e. The minimum absolute atomic E-state index is 0.0905. The van der Waals surface area contributed by atoms with Crippen molar-refractivity contribution in [2.24, 2.45) is 0 Å². The topological polar surface area (TPSA) is 110 Å². The van der Waals surface area contributed by atoms with E-state index in [1.54, 1.807) is 29.9 Å². The zero-order valence-electron chi connectivity index (χ0n) is 17.6. The van der Waals surface area contributed by atoms with Crippen LogP contribution < -0.4 is 14.4 Å². The van der Waals surface area contributed by atoms with E-state index in [0.29, 0.717) is 18.2 Å². The third-order valence-corrected chi connectivity index (χ3v) is 8.44. The first-order valence-electron chi connectivity index (χ1n) is 10.7. The van der Waals surface area contributed by atoms with Crippen molar-refractivity contribution in [2.45, 2.75) is 43.9 Å². The van der Waals surface area contributed by atoms with E-state index in [0.717, 1.165) is 53.5 Å². The number of hydrogen-bond donors (Lipinski definition) is 1. The van der Waals surface area contributed by atoms with E-state index in [2.05, 4.69) is 29.6 Å². The fraction of sp³-hybridized carbons (Fsp3) is 0.429. The lowest BCUT2D eigenvalue weighted by atomic mass is 10.1. The Morgan fingerprint density at radius 1 is 1.16 bits per heavy atom. The summed E-state index contributed by atoms with van der Waals surface area (Å²) in [6, 6.07) is 1.98. The summed E-state index contributed by atoms with van der Waals surface area (Å²) in [4.78, 5) is 20.8. The maximum absolute atomic E-state index is 12.3. The van der Waals surface area contributed by atoms with Crippen LogP contribution in [0.4, 0.5) is 10.8 Å². The Hall–Kier alpha value is -2.79. The van der Waals surface area contributed by atoms with Gasteiger partial charge in [0.1, 0.15) is 5.69 Å². The van der Waals surface area contributed by atoms with Gasteiger partial charge in [0.2, 0.25) is 15.9 Å². The van der Waals surface area contributed by atoms with Gasteiger partial charge in [0, 0.05) is 18.9 Å². The molecule has 168 valence electrons. The highest BCUT2D eigenvalue weighted by molar-refractivity contribution is 7.93. The number of anilines is 2. The summed E-state index contributed by atoms with van der Waals surface area (Å²) in [5.41, 5.74) is 2.23. The van der Waals surface area contributed by atoms with E-state index < -0.39 is 10.0 Å². The molecule has 0 spiro atoms. The van der Waals surface area contributed by atoms with Gasteiger partial charge in [-0.2, -0.15) is 0 Å². The van der Waals surface area contributed by atoms with Crippen molar-refractivity contribution < 1.29 is 13.2 Å². The molecule has 1 aliphatic heterocycles.